The molecule has 0 radical (unpaired) electrons. The van der Waals surface area contributed by atoms with E-state index in [4.69, 9.17) is 0 Å². The maximum atomic E-state index is 13.2. The van der Waals surface area contributed by atoms with Crippen LogP contribution in [0.15, 0.2) is 53.0 Å². The molecule has 0 spiro atoms. The number of aromatic nitrogens is 2. The van der Waals surface area contributed by atoms with E-state index in [0.29, 0.717) is 16.5 Å². The van der Waals surface area contributed by atoms with Gasteiger partial charge in [0, 0.05) is 5.69 Å². The minimum atomic E-state index is -4.59. The van der Waals surface area contributed by atoms with Crippen LogP contribution in [0.25, 0.3) is 10.6 Å². The molecule has 0 fully saturated rings. The number of thioether (sulfide) groups is 1. The summed E-state index contributed by atoms with van der Waals surface area (Å²) in [6.07, 6.45) is -4.59. The summed E-state index contributed by atoms with van der Waals surface area (Å²) >= 11 is 2.16. The number of nitrogens with zero attached hydrogens (tertiary/aromatic N) is 2. The van der Waals surface area contributed by atoms with Gasteiger partial charge in [0.25, 0.3) is 0 Å². The molecule has 1 amide bonds. The van der Waals surface area contributed by atoms with Gasteiger partial charge in [-0.1, -0.05) is 43.8 Å². The number of anilines is 1. The highest BCUT2D eigenvalue weighted by Crippen LogP contribution is 2.33. The third-order valence-corrected chi connectivity index (χ3v) is 5.70. The third kappa shape index (κ3) is 5.80. The van der Waals surface area contributed by atoms with Crippen LogP contribution < -0.4 is 5.32 Å². The van der Waals surface area contributed by atoms with E-state index in [1.54, 1.807) is 29.6 Å². The van der Waals surface area contributed by atoms with Gasteiger partial charge in [-0.25, -0.2) is 9.97 Å². The van der Waals surface area contributed by atoms with Crippen LogP contribution >= 0.6 is 23.1 Å². The Hall–Kier alpha value is -2.39. The summed E-state index contributed by atoms with van der Waals surface area (Å²) < 4.78 is 39.6. The number of carbonyl (C=O) groups is 1. The first-order valence-electron chi connectivity index (χ1n) is 8.75. The summed E-state index contributed by atoms with van der Waals surface area (Å²) in [7, 11) is 0. The lowest BCUT2D eigenvalue weighted by Crippen LogP contribution is -2.15. The van der Waals surface area contributed by atoms with Crippen molar-refractivity contribution in [3.05, 3.63) is 59.1 Å². The van der Waals surface area contributed by atoms with Crippen LogP contribution in [0.5, 0.6) is 0 Å². The topological polar surface area (TPSA) is 54.9 Å². The molecule has 0 saturated heterocycles. The van der Waals surface area contributed by atoms with Crippen molar-refractivity contribution in [2.75, 3.05) is 11.1 Å². The Morgan fingerprint density at radius 1 is 1.17 bits per heavy atom. The minimum Gasteiger partial charge on any atom is -0.325 e. The van der Waals surface area contributed by atoms with E-state index in [-0.39, 0.29) is 22.5 Å². The van der Waals surface area contributed by atoms with Crippen molar-refractivity contribution in [2.24, 2.45) is 0 Å². The van der Waals surface area contributed by atoms with Gasteiger partial charge in [-0.3, -0.25) is 4.79 Å². The van der Waals surface area contributed by atoms with Gasteiger partial charge in [0.15, 0.2) is 5.16 Å². The van der Waals surface area contributed by atoms with Crippen LogP contribution in [-0.2, 0) is 11.0 Å². The molecule has 3 aromatic rings. The average Bonchev–Trinajstić information content (AvgIpc) is 3.21. The molecule has 0 saturated carbocycles. The number of halogens is 3. The average molecular weight is 438 g/mol. The molecule has 0 unspecified atom stereocenters. The van der Waals surface area contributed by atoms with E-state index < -0.39 is 11.9 Å². The summed E-state index contributed by atoms with van der Waals surface area (Å²) in [6, 6.07) is 11.8. The first kappa shape index (κ1) is 21.3. The van der Waals surface area contributed by atoms with Crippen LogP contribution in [0.1, 0.15) is 31.0 Å². The number of hydrogen-bond acceptors (Lipinski definition) is 5. The van der Waals surface area contributed by atoms with E-state index in [0.717, 1.165) is 23.4 Å². The molecular formula is C20H18F3N3OS2. The summed E-state index contributed by atoms with van der Waals surface area (Å²) in [5.74, 6) is -0.0613. The number of nitrogens with one attached hydrogen (secondary N) is 1. The number of hydrogen-bond donors (Lipinski definition) is 1. The molecule has 9 heteroatoms. The van der Waals surface area contributed by atoms with E-state index >= 15 is 0 Å². The number of rotatable bonds is 6. The smallest absolute Gasteiger partial charge is 0.325 e. The monoisotopic (exact) mass is 437 g/mol. The minimum absolute atomic E-state index is 0.0893. The molecule has 4 nitrogen and oxygen atoms in total. The first-order chi connectivity index (χ1) is 13.7. The highest BCUT2D eigenvalue weighted by atomic mass is 32.2. The number of thiophene rings is 1. The molecule has 152 valence electrons. The molecule has 29 heavy (non-hydrogen) atoms. The van der Waals surface area contributed by atoms with Crippen LogP contribution in [0.2, 0.25) is 0 Å². The molecule has 1 N–H and O–H groups in total. The maximum Gasteiger partial charge on any atom is 0.433 e. The van der Waals surface area contributed by atoms with Crippen molar-refractivity contribution in [2.45, 2.75) is 31.1 Å². The van der Waals surface area contributed by atoms with Crippen LogP contribution in [0, 0.1) is 0 Å². The van der Waals surface area contributed by atoms with Crippen LogP contribution in [0.3, 0.4) is 0 Å². The van der Waals surface area contributed by atoms with Gasteiger partial charge in [0.1, 0.15) is 5.69 Å². The third-order valence-electron chi connectivity index (χ3n) is 3.96. The zero-order valence-corrected chi connectivity index (χ0v) is 17.3. The van der Waals surface area contributed by atoms with E-state index in [1.807, 2.05) is 12.1 Å². The first-order valence-corrected chi connectivity index (χ1v) is 10.6. The SMILES string of the molecule is CC(C)c1ccc(NC(=O)CSc2nc(-c3cccs3)cc(C(F)(F)F)n2)cc1. The molecule has 0 aliphatic carbocycles. The zero-order valence-electron chi connectivity index (χ0n) is 15.7. The lowest BCUT2D eigenvalue weighted by atomic mass is 10.0. The van der Waals surface area contributed by atoms with Gasteiger partial charge in [-0.15, -0.1) is 11.3 Å². The quantitative estimate of drug-likeness (QED) is 0.375. The van der Waals surface area contributed by atoms with Crippen molar-refractivity contribution < 1.29 is 18.0 Å². The Balaban J connectivity index is 1.70. The lowest BCUT2D eigenvalue weighted by Gasteiger charge is -2.10. The van der Waals surface area contributed by atoms with Gasteiger partial charge >= 0.3 is 6.18 Å². The summed E-state index contributed by atoms with van der Waals surface area (Å²) in [6.45, 7) is 4.15. The highest BCUT2D eigenvalue weighted by Gasteiger charge is 2.34. The molecule has 0 aliphatic rings. The summed E-state index contributed by atoms with van der Waals surface area (Å²) in [5.41, 5.74) is 0.942. The Labute approximate surface area is 174 Å². The molecule has 2 aromatic heterocycles. The predicted octanol–water partition coefficient (Wildman–Crippen LogP) is 6.08. The number of alkyl halides is 3. The molecule has 0 atom stereocenters. The van der Waals surface area contributed by atoms with Crippen molar-refractivity contribution in [3.63, 3.8) is 0 Å². The fourth-order valence-electron chi connectivity index (χ4n) is 2.46. The Kier molecular flexibility index (Phi) is 6.59. The number of benzene rings is 1. The van der Waals surface area contributed by atoms with Crippen LogP contribution in [-0.4, -0.2) is 21.6 Å². The van der Waals surface area contributed by atoms with E-state index in [2.05, 4.69) is 29.1 Å². The summed E-state index contributed by atoms with van der Waals surface area (Å²) in [4.78, 5) is 20.6. The largest absolute Gasteiger partial charge is 0.433 e. The van der Waals surface area contributed by atoms with E-state index in [1.165, 1.54) is 11.3 Å². The lowest BCUT2D eigenvalue weighted by molar-refractivity contribution is -0.141. The van der Waals surface area contributed by atoms with Gasteiger partial charge in [0.05, 0.1) is 16.3 Å². The Morgan fingerprint density at radius 2 is 1.90 bits per heavy atom. The molecule has 2 heterocycles. The Morgan fingerprint density at radius 3 is 2.48 bits per heavy atom. The van der Waals surface area contributed by atoms with Gasteiger partial charge in [-0.2, -0.15) is 13.2 Å². The van der Waals surface area contributed by atoms with Crippen molar-refractivity contribution in [1.29, 1.82) is 0 Å². The highest BCUT2D eigenvalue weighted by molar-refractivity contribution is 7.99. The fourth-order valence-corrected chi connectivity index (χ4v) is 3.81. The molecule has 1 aromatic carbocycles. The molecule has 0 aliphatic heterocycles. The second-order valence-electron chi connectivity index (χ2n) is 6.51. The number of amides is 1. The van der Waals surface area contributed by atoms with Crippen molar-refractivity contribution in [1.82, 2.24) is 9.97 Å². The van der Waals surface area contributed by atoms with Crippen LogP contribution in [0.4, 0.5) is 18.9 Å². The zero-order chi connectivity index (χ0) is 21.0. The molecule has 0 bridgehead atoms. The second kappa shape index (κ2) is 8.96. The standard InChI is InChI=1S/C20H18F3N3OS2/c1-12(2)13-5-7-14(8-6-13)24-18(27)11-29-19-25-15(16-4-3-9-28-16)10-17(26-19)20(21,22)23/h3-10,12H,11H2,1-2H3,(H,24,27). The predicted molar refractivity (Wildman–Crippen MR) is 110 cm³/mol. The number of carbonyl (C=O) groups excluding carboxylic acids is 1. The normalized spacial score (nSPS) is 11.7. The fraction of sp³-hybridized carbons (Fsp3) is 0.250. The maximum absolute atomic E-state index is 13.2. The molecule has 3 rings (SSSR count). The van der Waals surface area contributed by atoms with Gasteiger partial charge < -0.3 is 5.32 Å². The second-order valence-corrected chi connectivity index (χ2v) is 8.40. The van der Waals surface area contributed by atoms with Gasteiger partial charge in [-0.05, 0) is 41.1 Å². The van der Waals surface area contributed by atoms with Crippen molar-refractivity contribution in [3.8, 4) is 10.6 Å². The van der Waals surface area contributed by atoms with Crippen molar-refractivity contribution >= 4 is 34.7 Å². The van der Waals surface area contributed by atoms with E-state index in [9.17, 15) is 18.0 Å². The molecular weight excluding hydrogens is 419 g/mol. The summed E-state index contributed by atoms with van der Waals surface area (Å²) in [5, 5.41) is 4.40. The Bertz CT molecular complexity index is 972. The van der Waals surface area contributed by atoms with Gasteiger partial charge in [0.2, 0.25) is 5.91 Å².